The maximum Gasteiger partial charge on any atom is 0.314 e. The fraction of sp³-hybridized carbons (Fsp3) is 0.300. The molecule has 1 aliphatic rings. The zero-order chi connectivity index (χ0) is 10.8. The summed E-state index contributed by atoms with van der Waals surface area (Å²) in [6, 6.07) is 5.52. The van der Waals surface area contributed by atoms with Crippen LogP contribution in [0.3, 0.4) is 0 Å². The lowest BCUT2D eigenvalue weighted by Crippen LogP contribution is -2.23. The molecule has 0 spiro atoms. The Morgan fingerprint density at radius 2 is 2.00 bits per heavy atom. The molecule has 1 aliphatic heterocycles. The second-order valence-electron chi connectivity index (χ2n) is 3.27. The van der Waals surface area contributed by atoms with Crippen LogP contribution >= 0.6 is 11.3 Å². The van der Waals surface area contributed by atoms with Gasteiger partial charge in [-0.3, -0.25) is 9.59 Å². The fourth-order valence-electron chi connectivity index (χ4n) is 1.52. The van der Waals surface area contributed by atoms with Crippen molar-refractivity contribution in [1.29, 1.82) is 5.26 Å². The minimum absolute atomic E-state index is 0.120. The average molecular weight is 221 g/mol. The summed E-state index contributed by atoms with van der Waals surface area (Å²) in [5.41, 5.74) is 0. The molecule has 76 valence electrons. The maximum atomic E-state index is 11.0. The van der Waals surface area contributed by atoms with Crippen molar-refractivity contribution in [3.8, 4) is 6.07 Å². The van der Waals surface area contributed by atoms with Gasteiger partial charge < -0.3 is 4.74 Å². The van der Waals surface area contributed by atoms with Crippen LogP contribution in [0.4, 0.5) is 0 Å². The first kappa shape index (κ1) is 9.87. The van der Waals surface area contributed by atoms with Gasteiger partial charge in [-0.15, -0.1) is 11.3 Å². The van der Waals surface area contributed by atoms with Crippen LogP contribution in [-0.4, -0.2) is 11.9 Å². The van der Waals surface area contributed by atoms with Crippen LogP contribution in [0.5, 0.6) is 0 Å². The number of rotatable bonds is 1. The van der Waals surface area contributed by atoms with Crippen molar-refractivity contribution in [1.82, 2.24) is 0 Å². The molecule has 0 N–H and O–H groups in total. The molecule has 0 amide bonds. The van der Waals surface area contributed by atoms with E-state index in [-0.39, 0.29) is 18.8 Å². The average Bonchev–Trinajstić information content (AvgIpc) is 2.64. The van der Waals surface area contributed by atoms with Gasteiger partial charge in [-0.05, 0) is 12.1 Å². The van der Waals surface area contributed by atoms with Crippen molar-refractivity contribution >= 4 is 23.3 Å². The van der Waals surface area contributed by atoms with Crippen molar-refractivity contribution < 1.29 is 14.3 Å². The second-order valence-corrected chi connectivity index (χ2v) is 4.38. The number of nitrogens with zero attached hydrogens (tertiary/aromatic N) is 1. The van der Waals surface area contributed by atoms with Gasteiger partial charge in [-0.25, -0.2) is 0 Å². The van der Waals surface area contributed by atoms with Gasteiger partial charge in [-0.1, -0.05) is 0 Å². The van der Waals surface area contributed by atoms with Gasteiger partial charge in [0.1, 0.15) is 10.9 Å². The molecular formula is C10H7NO3S. The van der Waals surface area contributed by atoms with Gasteiger partial charge in [0.05, 0.1) is 12.8 Å². The predicted octanol–water partition coefficient (Wildman–Crippen LogP) is 1.57. The standard InChI is InChI=1S/C10H7NO3S/c11-5-7-1-2-8(15-7)6-3-9(12)14-10(13)4-6/h1-2,6H,3-4H2. The lowest BCUT2D eigenvalue weighted by atomic mass is 9.98. The first-order chi connectivity index (χ1) is 7.19. The highest BCUT2D eigenvalue weighted by Gasteiger charge is 2.29. The van der Waals surface area contributed by atoms with Gasteiger partial charge in [0.25, 0.3) is 0 Å². The third-order valence-corrected chi connectivity index (χ3v) is 3.35. The maximum absolute atomic E-state index is 11.0. The summed E-state index contributed by atoms with van der Waals surface area (Å²) in [4.78, 5) is 23.6. The van der Waals surface area contributed by atoms with E-state index in [0.717, 1.165) is 4.88 Å². The Labute approximate surface area is 90.1 Å². The van der Waals surface area contributed by atoms with Crippen LogP contribution in [-0.2, 0) is 14.3 Å². The van der Waals surface area contributed by atoms with E-state index in [2.05, 4.69) is 4.74 Å². The van der Waals surface area contributed by atoms with Crippen LogP contribution < -0.4 is 0 Å². The summed E-state index contributed by atoms with van der Waals surface area (Å²) in [5.74, 6) is -1.09. The molecule has 2 rings (SSSR count). The van der Waals surface area contributed by atoms with Gasteiger partial charge >= 0.3 is 11.9 Å². The highest BCUT2D eigenvalue weighted by Crippen LogP contribution is 2.32. The largest absolute Gasteiger partial charge is 0.393 e. The molecule has 15 heavy (non-hydrogen) atoms. The van der Waals surface area contributed by atoms with Crippen LogP contribution in [0.2, 0.25) is 0 Å². The number of cyclic esters (lactones) is 2. The summed E-state index contributed by atoms with van der Waals surface area (Å²) >= 11 is 1.32. The van der Waals surface area contributed by atoms with E-state index < -0.39 is 11.9 Å². The number of thiophene rings is 1. The Morgan fingerprint density at radius 3 is 2.53 bits per heavy atom. The second kappa shape index (κ2) is 3.83. The first-order valence-corrected chi connectivity index (χ1v) is 5.24. The Bertz CT molecular complexity index is 441. The molecular weight excluding hydrogens is 214 g/mol. The zero-order valence-electron chi connectivity index (χ0n) is 7.73. The Balaban J connectivity index is 2.20. The SMILES string of the molecule is N#Cc1ccc(C2CC(=O)OC(=O)C2)s1. The van der Waals surface area contributed by atoms with Crippen LogP contribution in [0.25, 0.3) is 0 Å². The number of ether oxygens (including phenoxy) is 1. The summed E-state index contributed by atoms with van der Waals surface area (Å²) < 4.78 is 4.43. The van der Waals surface area contributed by atoms with Crippen LogP contribution in [0.15, 0.2) is 12.1 Å². The number of esters is 2. The molecule has 0 aliphatic carbocycles. The van der Waals surface area contributed by atoms with Crippen LogP contribution in [0.1, 0.15) is 28.5 Å². The topological polar surface area (TPSA) is 67.2 Å². The molecule has 0 aromatic carbocycles. The van der Waals surface area contributed by atoms with E-state index >= 15 is 0 Å². The van der Waals surface area contributed by atoms with E-state index in [4.69, 9.17) is 5.26 Å². The molecule has 1 fully saturated rings. The summed E-state index contributed by atoms with van der Waals surface area (Å²) in [6.45, 7) is 0. The Kier molecular flexibility index (Phi) is 2.52. The zero-order valence-corrected chi connectivity index (χ0v) is 8.54. The van der Waals surface area contributed by atoms with E-state index in [1.54, 1.807) is 12.1 Å². The Hall–Kier alpha value is -1.67. The molecule has 1 aromatic heterocycles. The minimum atomic E-state index is -0.483. The van der Waals surface area contributed by atoms with Crippen molar-refractivity contribution in [3.63, 3.8) is 0 Å². The van der Waals surface area contributed by atoms with Gasteiger partial charge in [-0.2, -0.15) is 5.26 Å². The van der Waals surface area contributed by atoms with Gasteiger partial charge in [0.2, 0.25) is 0 Å². The molecule has 0 atom stereocenters. The minimum Gasteiger partial charge on any atom is -0.393 e. The molecule has 2 heterocycles. The fourth-order valence-corrected chi connectivity index (χ4v) is 2.42. The van der Waals surface area contributed by atoms with E-state index in [1.165, 1.54) is 11.3 Å². The molecule has 1 aromatic rings. The first-order valence-electron chi connectivity index (χ1n) is 4.42. The molecule has 1 saturated heterocycles. The van der Waals surface area contributed by atoms with Gasteiger partial charge in [0, 0.05) is 10.8 Å². The highest BCUT2D eigenvalue weighted by molar-refractivity contribution is 7.12. The van der Waals surface area contributed by atoms with Crippen molar-refractivity contribution in [2.24, 2.45) is 0 Å². The van der Waals surface area contributed by atoms with Gasteiger partial charge in [0.15, 0.2) is 0 Å². The number of hydrogen-bond donors (Lipinski definition) is 0. The lowest BCUT2D eigenvalue weighted by Gasteiger charge is -2.17. The van der Waals surface area contributed by atoms with Crippen LogP contribution in [0, 0.1) is 11.3 Å². The van der Waals surface area contributed by atoms with E-state index in [1.807, 2.05) is 6.07 Å². The highest BCUT2D eigenvalue weighted by atomic mass is 32.1. The monoisotopic (exact) mass is 221 g/mol. The Morgan fingerprint density at radius 1 is 1.33 bits per heavy atom. The smallest absolute Gasteiger partial charge is 0.314 e. The molecule has 4 nitrogen and oxygen atoms in total. The number of hydrogen-bond acceptors (Lipinski definition) is 5. The third-order valence-electron chi connectivity index (χ3n) is 2.19. The molecule has 0 saturated carbocycles. The molecule has 5 heteroatoms. The normalized spacial score (nSPS) is 17.3. The number of carbonyl (C=O) groups excluding carboxylic acids is 2. The summed E-state index contributed by atoms with van der Waals surface area (Å²) in [6.07, 6.45) is 0.439. The predicted molar refractivity (Wildman–Crippen MR) is 52.1 cm³/mol. The summed E-state index contributed by atoms with van der Waals surface area (Å²) in [5, 5.41) is 8.66. The summed E-state index contributed by atoms with van der Waals surface area (Å²) in [7, 11) is 0. The lowest BCUT2D eigenvalue weighted by molar-refractivity contribution is -0.163. The molecule has 0 radical (unpaired) electrons. The van der Waals surface area contributed by atoms with Crippen molar-refractivity contribution in [3.05, 3.63) is 21.9 Å². The third kappa shape index (κ3) is 2.05. The van der Waals surface area contributed by atoms with E-state index in [9.17, 15) is 9.59 Å². The number of nitriles is 1. The van der Waals surface area contributed by atoms with Crippen molar-refractivity contribution in [2.45, 2.75) is 18.8 Å². The quantitative estimate of drug-likeness (QED) is 0.533. The number of carbonyl (C=O) groups is 2. The molecule has 0 unspecified atom stereocenters. The van der Waals surface area contributed by atoms with E-state index in [0.29, 0.717) is 4.88 Å². The van der Waals surface area contributed by atoms with Crippen molar-refractivity contribution in [2.75, 3.05) is 0 Å². The molecule has 0 bridgehead atoms.